The summed E-state index contributed by atoms with van der Waals surface area (Å²) in [5.41, 5.74) is -0.412. The first-order valence-electron chi connectivity index (χ1n) is 8.75. The van der Waals surface area contributed by atoms with Crippen molar-refractivity contribution >= 4 is 45.6 Å². The molecule has 0 bridgehead atoms. The van der Waals surface area contributed by atoms with E-state index < -0.39 is 17.6 Å². The molecule has 0 radical (unpaired) electrons. The minimum absolute atomic E-state index is 0.0703. The minimum Gasteiger partial charge on any atom is -0.465 e. The predicted octanol–water partition coefficient (Wildman–Crippen LogP) is 2.15. The van der Waals surface area contributed by atoms with Gasteiger partial charge in [0.2, 0.25) is 0 Å². The SMILES string of the molecule is CCOC(=O)[C@H]1CSCCN1CN1C(=O)N[C@@](C)(c2ccc(Br)cc2)C1=O. The van der Waals surface area contributed by atoms with Crippen LogP contribution in [0.3, 0.4) is 0 Å². The third-order valence-electron chi connectivity index (χ3n) is 4.82. The Bertz CT molecular complexity index is 745. The van der Waals surface area contributed by atoms with Crippen LogP contribution in [0.1, 0.15) is 19.4 Å². The fourth-order valence-electron chi connectivity index (χ4n) is 3.25. The first-order valence-corrected chi connectivity index (χ1v) is 10.7. The number of carbonyl (C=O) groups excluding carboxylic acids is 3. The van der Waals surface area contributed by atoms with Crippen LogP contribution in [0.25, 0.3) is 0 Å². The lowest BCUT2D eigenvalue weighted by atomic mass is 9.92. The number of carbonyl (C=O) groups is 3. The molecule has 2 saturated heterocycles. The molecule has 0 aromatic heterocycles. The Kier molecular flexibility index (Phi) is 6.12. The van der Waals surface area contributed by atoms with E-state index in [4.69, 9.17) is 4.74 Å². The van der Waals surface area contributed by atoms with Gasteiger partial charge >= 0.3 is 12.0 Å². The number of hydrogen-bond donors (Lipinski definition) is 1. The van der Waals surface area contributed by atoms with Crippen molar-refractivity contribution < 1.29 is 19.1 Å². The zero-order valence-electron chi connectivity index (χ0n) is 15.2. The van der Waals surface area contributed by atoms with Crippen LogP contribution in [0.15, 0.2) is 28.7 Å². The summed E-state index contributed by atoms with van der Waals surface area (Å²) >= 11 is 5.04. The number of urea groups is 1. The van der Waals surface area contributed by atoms with Gasteiger partial charge in [-0.05, 0) is 31.5 Å². The predicted molar refractivity (Wildman–Crippen MR) is 106 cm³/mol. The lowest BCUT2D eigenvalue weighted by Gasteiger charge is -2.35. The number of nitrogens with zero attached hydrogens (tertiary/aromatic N) is 2. The second-order valence-corrected chi connectivity index (χ2v) is 8.66. The van der Waals surface area contributed by atoms with E-state index in [0.717, 1.165) is 10.2 Å². The normalized spacial score (nSPS) is 26.2. The van der Waals surface area contributed by atoms with Crippen LogP contribution in [0, 0.1) is 0 Å². The number of esters is 1. The molecular formula is C18H22BrN3O4S. The van der Waals surface area contributed by atoms with E-state index in [2.05, 4.69) is 21.2 Å². The van der Waals surface area contributed by atoms with Crippen LogP contribution >= 0.6 is 27.7 Å². The summed E-state index contributed by atoms with van der Waals surface area (Å²) in [7, 11) is 0. The number of thioether (sulfide) groups is 1. The van der Waals surface area contributed by atoms with Gasteiger partial charge in [0.25, 0.3) is 5.91 Å². The Balaban J connectivity index is 1.78. The molecule has 27 heavy (non-hydrogen) atoms. The number of rotatable bonds is 5. The summed E-state index contributed by atoms with van der Waals surface area (Å²) < 4.78 is 6.04. The lowest BCUT2D eigenvalue weighted by molar-refractivity contribution is -0.150. The molecule has 2 atom stereocenters. The highest BCUT2D eigenvalue weighted by atomic mass is 79.9. The molecule has 2 heterocycles. The van der Waals surface area contributed by atoms with Gasteiger partial charge < -0.3 is 10.1 Å². The maximum Gasteiger partial charge on any atom is 0.326 e. The van der Waals surface area contributed by atoms with Gasteiger partial charge in [-0.1, -0.05) is 28.1 Å². The van der Waals surface area contributed by atoms with Crippen LogP contribution in [0.2, 0.25) is 0 Å². The number of nitrogens with one attached hydrogen (secondary N) is 1. The van der Waals surface area contributed by atoms with Crippen molar-refractivity contribution in [3.63, 3.8) is 0 Å². The molecule has 3 rings (SSSR count). The average molecular weight is 456 g/mol. The van der Waals surface area contributed by atoms with Crippen molar-refractivity contribution in [3.05, 3.63) is 34.3 Å². The van der Waals surface area contributed by atoms with Gasteiger partial charge in [-0.25, -0.2) is 9.69 Å². The lowest BCUT2D eigenvalue weighted by Crippen LogP contribution is -2.53. The van der Waals surface area contributed by atoms with Crippen molar-refractivity contribution in [1.82, 2.24) is 15.1 Å². The number of hydrogen-bond acceptors (Lipinski definition) is 6. The Morgan fingerprint density at radius 1 is 1.37 bits per heavy atom. The van der Waals surface area contributed by atoms with Gasteiger partial charge in [0, 0.05) is 22.5 Å². The highest BCUT2D eigenvalue weighted by molar-refractivity contribution is 9.10. The molecule has 0 aliphatic carbocycles. The Hall–Kier alpha value is -1.58. The maximum absolute atomic E-state index is 13.1. The molecule has 1 aromatic rings. The first kappa shape index (κ1) is 20.2. The number of ether oxygens (including phenoxy) is 1. The molecule has 2 aliphatic rings. The largest absolute Gasteiger partial charge is 0.465 e. The maximum atomic E-state index is 13.1. The highest BCUT2D eigenvalue weighted by Gasteiger charge is 2.50. The Labute approximate surface area is 170 Å². The van der Waals surface area contributed by atoms with Gasteiger partial charge in [0.15, 0.2) is 0 Å². The molecule has 0 unspecified atom stereocenters. The molecular weight excluding hydrogens is 434 g/mol. The summed E-state index contributed by atoms with van der Waals surface area (Å²) in [4.78, 5) is 40.9. The minimum atomic E-state index is -1.12. The molecule has 1 aromatic carbocycles. The van der Waals surface area contributed by atoms with Gasteiger partial charge in [-0.15, -0.1) is 0 Å². The van der Waals surface area contributed by atoms with Crippen LogP contribution in [-0.4, -0.2) is 65.1 Å². The van der Waals surface area contributed by atoms with E-state index in [1.165, 1.54) is 4.90 Å². The zero-order chi connectivity index (χ0) is 19.6. The standard InChI is InChI=1S/C18H22BrN3O4S/c1-3-26-15(23)14-10-27-9-8-21(14)11-22-16(24)18(2,20-17(22)25)12-4-6-13(19)7-5-12/h4-7,14H,3,8-11H2,1-2H3,(H,20,25)/t14-,18+/m1/s1. The van der Waals surface area contributed by atoms with E-state index >= 15 is 0 Å². The molecule has 7 nitrogen and oxygen atoms in total. The first-order chi connectivity index (χ1) is 12.9. The van der Waals surface area contributed by atoms with Crippen LogP contribution < -0.4 is 5.32 Å². The molecule has 0 saturated carbocycles. The van der Waals surface area contributed by atoms with E-state index in [9.17, 15) is 14.4 Å². The van der Waals surface area contributed by atoms with E-state index in [1.54, 1.807) is 25.6 Å². The quantitative estimate of drug-likeness (QED) is 0.541. The molecule has 2 aliphatic heterocycles. The van der Waals surface area contributed by atoms with Crippen LogP contribution in [-0.2, 0) is 19.9 Å². The van der Waals surface area contributed by atoms with Crippen LogP contribution in [0.4, 0.5) is 4.79 Å². The third-order valence-corrected chi connectivity index (χ3v) is 6.37. The number of amides is 3. The van der Waals surface area contributed by atoms with E-state index in [0.29, 0.717) is 24.5 Å². The summed E-state index contributed by atoms with van der Waals surface area (Å²) in [5, 5.41) is 2.80. The average Bonchev–Trinajstić information content (AvgIpc) is 2.87. The van der Waals surface area contributed by atoms with Crippen molar-refractivity contribution in [2.24, 2.45) is 0 Å². The van der Waals surface area contributed by atoms with Crippen molar-refractivity contribution in [2.75, 3.05) is 31.3 Å². The van der Waals surface area contributed by atoms with Crippen molar-refractivity contribution in [2.45, 2.75) is 25.4 Å². The van der Waals surface area contributed by atoms with Gasteiger partial charge in [-0.3, -0.25) is 14.5 Å². The Morgan fingerprint density at radius 3 is 2.74 bits per heavy atom. The summed E-state index contributed by atoms with van der Waals surface area (Å²) in [6.07, 6.45) is 0. The monoisotopic (exact) mass is 455 g/mol. The highest BCUT2D eigenvalue weighted by Crippen LogP contribution is 2.30. The molecule has 3 amide bonds. The van der Waals surface area contributed by atoms with Gasteiger partial charge in [-0.2, -0.15) is 11.8 Å². The topological polar surface area (TPSA) is 79.0 Å². The summed E-state index contributed by atoms with van der Waals surface area (Å²) in [5.74, 6) is 0.791. The smallest absolute Gasteiger partial charge is 0.326 e. The fourth-order valence-corrected chi connectivity index (χ4v) is 4.61. The number of halogens is 1. The van der Waals surface area contributed by atoms with Crippen molar-refractivity contribution in [3.8, 4) is 0 Å². The molecule has 1 N–H and O–H groups in total. The van der Waals surface area contributed by atoms with Crippen molar-refractivity contribution in [1.29, 1.82) is 0 Å². The molecule has 146 valence electrons. The fraction of sp³-hybridized carbons (Fsp3) is 0.500. The third kappa shape index (κ3) is 4.00. The summed E-state index contributed by atoms with van der Waals surface area (Å²) in [6, 6.07) is 6.38. The second kappa shape index (κ2) is 8.20. The molecule has 0 spiro atoms. The second-order valence-electron chi connectivity index (χ2n) is 6.59. The van der Waals surface area contributed by atoms with E-state index in [-0.39, 0.29) is 18.5 Å². The summed E-state index contributed by atoms with van der Waals surface area (Å²) in [6.45, 7) is 4.45. The van der Waals surface area contributed by atoms with E-state index in [1.807, 2.05) is 29.2 Å². The zero-order valence-corrected chi connectivity index (χ0v) is 17.6. The van der Waals surface area contributed by atoms with Crippen LogP contribution in [0.5, 0.6) is 0 Å². The molecule has 2 fully saturated rings. The molecule has 9 heteroatoms. The van der Waals surface area contributed by atoms with Gasteiger partial charge in [0.1, 0.15) is 11.6 Å². The Morgan fingerprint density at radius 2 is 2.07 bits per heavy atom. The van der Waals surface area contributed by atoms with Gasteiger partial charge in [0.05, 0.1) is 13.3 Å². The number of benzene rings is 1. The number of imide groups is 1.